The van der Waals surface area contributed by atoms with Gasteiger partial charge in [-0.3, -0.25) is 0 Å². The Bertz CT molecular complexity index is 402. The summed E-state index contributed by atoms with van der Waals surface area (Å²) in [5.74, 6) is 0. The molecule has 3 rings (SSSR count). The lowest BCUT2D eigenvalue weighted by Gasteiger charge is -2.32. The van der Waals surface area contributed by atoms with E-state index in [0.717, 1.165) is 0 Å². The van der Waals surface area contributed by atoms with Crippen molar-refractivity contribution in [1.29, 1.82) is 0 Å². The van der Waals surface area contributed by atoms with E-state index in [-0.39, 0.29) is 0 Å². The number of H-pyrrole nitrogens is 1. The summed E-state index contributed by atoms with van der Waals surface area (Å²) >= 11 is 0. The van der Waals surface area contributed by atoms with Gasteiger partial charge >= 0.3 is 0 Å². The Hall–Kier alpha value is -0.800. The van der Waals surface area contributed by atoms with E-state index >= 15 is 0 Å². The fourth-order valence-electron chi connectivity index (χ4n) is 3.47. The molecule has 1 N–H and O–H groups in total. The number of aromatic amines is 1. The number of fused-ring (bicyclic) bond motifs is 1. The molecule has 0 unspecified atom stereocenters. The zero-order valence-electron chi connectivity index (χ0n) is 12.2. The van der Waals surface area contributed by atoms with Gasteiger partial charge in [0.1, 0.15) is 0 Å². The first-order chi connectivity index (χ1) is 9.33. The van der Waals surface area contributed by atoms with Gasteiger partial charge in [-0.15, -0.1) is 0 Å². The topological polar surface area (TPSA) is 22.3 Å². The molecule has 1 aromatic heterocycles. The van der Waals surface area contributed by atoms with E-state index in [1.165, 1.54) is 76.9 Å². The fourth-order valence-corrected chi connectivity index (χ4v) is 3.47. The third-order valence-electron chi connectivity index (χ3n) is 4.79. The maximum atomic E-state index is 3.50. The molecule has 1 aliphatic carbocycles. The highest BCUT2D eigenvalue weighted by atomic mass is 15.2. The largest absolute Gasteiger partial charge is 0.364 e. The minimum atomic E-state index is 1.24. The van der Waals surface area contributed by atoms with Crippen molar-refractivity contribution in [3.8, 4) is 0 Å². The van der Waals surface area contributed by atoms with Gasteiger partial charge in [0.2, 0.25) is 0 Å². The summed E-state index contributed by atoms with van der Waals surface area (Å²) in [7, 11) is 2.23. The lowest BCUT2D eigenvalue weighted by Crippen LogP contribution is -2.44. The Labute approximate surface area is 117 Å². The van der Waals surface area contributed by atoms with Gasteiger partial charge in [-0.2, -0.15) is 0 Å². The average molecular weight is 261 g/mol. The average Bonchev–Trinajstić information content (AvgIpc) is 2.85. The van der Waals surface area contributed by atoms with Crippen LogP contribution in [-0.2, 0) is 19.3 Å². The summed E-state index contributed by atoms with van der Waals surface area (Å²) in [5, 5.41) is 0. The number of aromatic nitrogens is 1. The molecule has 1 aromatic rings. The number of nitrogens with zero attached hydrogens (tertiary/aromatic N) is 2. The number of hydrogen-bond donors (Lipinski definition) is 1. The van der Waals surface area contributed by atoms with Gasteiger partial charge in [0.15, 0.2) is 0 Å². The maximum Gasteiger partial charge on any atom is 0.0182 e. The zero-order chi connectivity index (χ0) is 13.1. The van der Waals surface area contributed by atoms with Crippen molar-refractivity contribution in [2.24, 2.45) is 0 Å². The second-order valence-electron chi connectivity index (χ2n) is 6.23. The molecule has 106 valence electrons. The zero-order valence-corrected chi connectivity index (χ0v) is 12.2. The molecular formula is C16H27N3. The van der Waals surface area contributed by atoms with E-state index in [0.29, 0.717) is 0 Å². The predicted octanol–water partition coefficient (Wildman–Crippen LogP) is 2.07. The lowest BCUT2D eigenvalue weighted by atomic mass is 9.93. The van der Waals surface area contributed by atoms with Crippen molar-refractivity contribution in [1.82, 2.24) is 14.8 Å². The fraction of sp³-hybridized carbons (Fsp3) is 0.750. The van der Waals surface area contributed by atoms with Crippen LogP contribution in [-0.4, -0.2) is 54.6 Å². The monoisotopic (exact) mass is 261 g/mol. The van der Waals surface area contributed by atoms with Crippen LogP contribution in [0.2, 0.25) is 0 Å². The van der Waals surface area contributed by atoms with Crippen LogP contribution in [0.4, 0.5) is 0 Å². The van der Waals surface area contributed by atoms with Gasteiger partial charge in [-0.05, 0) is 63.2 Å². The molecule has 0 saturated carbocycles. The third kappa shape index (κ3) is 3.21. The van der Waals surface area contributed by atoms with Crippen LogP contribution in [0.1, 0.15) is 36.1 Å². The van der Waals surface area contributed by atoms with Gasteiger partial charge in [-0.25, -0.2) is 0 Å². The Kier molecular flexibility index (Phi) is 4.24. The molecule has 1 fully saturated rings. The standard InChI is InChI=1S/C16H27N3/c1-18-9-11-19(12-10-18)8-4-5-14-13-17-16-7-3-2-6-15(14)16/h13,17H,2-12H2,1H3. The van der Waals surface area contributed by atoms with Crippen molar-refractivity contribution in [2.45, 2.75) is 38.5 Å². The molecule has 0 radical (unpaired) electrons. The van der Waals surface area contributed by atoms with Crippen LogP contribution in [0.5, 0.6) is 0 Å². The smallest absolute Gasteiger partial charge is 0.0182 e. The lowest BCUT2D eigenvalue weighted by molar-refractivity contribution is 0.153. The number of rotatable bonds is 4. The Morgan fingerprint density at radius 1 is 1.11 bits per heavy atom. The Morgan fingerprint density at radius 3 is 2.74 bits per heavy atom. The van der Waals surface area contributed by atoms with E-state index in [2.05, 4.69) is 28.0 Å². The summed E-state index contributed by atoms with van der Waals surface area (Å²) in [5.41, 5.74) is 4.79. The summed E-state index contributed by atoms with van der Waals surface area (Å²) in [6.07, 6.45) is 10.2. The van der Waals surface area contributed by atoms with Gasteiger partial charge in [0, 0.05) is 38.1 Å². The minimum Gasteiger partial charge on any atom is -0.364 e. The van der Waals surface area contributed by atoms with E-state index in [1.54, 1.807) is 11.1 Å². The van der Waals surface area contributed by atoms with Gasteiger partial charge < -0.3 is 14.8 Å². The molecule has 1 aliphatic heterocycles. The van der Waals surface area contributed by atoms with Crippen LogP contribution in [0.25, 0.3) is 0 Å². The summed E-state index contributed by atoms with van der Waals surface area (Å²) in [4.78, 5) is 8.55. The third-order valence-corrected chi connectivity index (χ3v) is 4.79. The maximum absolute atomic E-state index is 3.50. The van der Waals surface area contributed by atoms with Crippen LogP contribution in [0, 0.1) is 0 Å². The first-order valence-corrected chi connectivity index (χ1v) is 7.92. The van der Waals surface area contributed by atoms with Crippen molar-refractivity contribution < 1.29 is 0 Å². The molecule has 0 spiro atoms. The van der Waals surface area contributed by atoms with Crippen molar-refractivity contribution in [3.05, 3.63) is 23.0 Å². The molecule has 0 atom stereocenters. The molecular weight excluding hydrogens is 234 g/mol. The van der Waals surface area contributed by atoms with Crippen LogP contribution >= 0.6 is 0 Å². The van der Waals surface area contributed by atoms with Crippen molar-refractivity contribution >= 4 is 0 Å². The van der Waals surface area contributed by atoms with E-state index in [9.17, 15) is 0 Å². The Morgan fingerprint density at radius 2 is 1.89 bits per heavy atom. The first kappa shape index (κ1) is 13.2. The number of hydrogen-bond acceptors (Lipinski definition) is 2. The SMILES string of the molecule is CN1CCN(CCCc2c[nH]c3c2CCCC3)CC1. The van der Waals surface area contributed by atoms with Crippen LogP contribution in [0.3, 0.4) is 0 Å². The minimum absolute atomic E-state index is 1.24. The second-order valence-corrected chi connectivity index (χ2v) is 6.23. The van der Waals surface area contributed by atoms with Gasteiger partial charge in [0.05, 0.1) is 0 Å². The van der Waals surface area contributed by atoms with E-state index < -0.39 is 0 Å². The number of nitrogens with one attached hydrogen (secondary N) is 1. The molecule has 3 heteroatoms. The molecule has 0 aromatic carbocycles. The summed E-state index contributed by atoms with van der Waals surface area (Å²) < 4.78 is 0. The molecule has 2 aliphatic rings. The van der Waals surface area contributed by atoms with Crippen molar-refractivity contribution in [3.63, 3.8) is 0 Å². The number of piperazine rings is 1. The predicted molar refractivity (Wildman–Crippen MR) is 79.7 cm³/mol. The molecule has 1 saturated heterocycles. The number of likely N-dealkylation sites (N-methyl/N-ethyl adjacent to an activating group) is 1. The van der Waals surface area contributed by atoms with E-state index in [1.807, 2.05) is 0 Å². The van der Waals surface area contributed by atoms with Crippen LogP contribution < -0.4 is 0 Å². The second kappa shape index (κ2) is 6.10. The quantitative estimate of drug-likeness (QED) is 0.896. The van der Waals surface area contributed by atoms with Crippen molar-refractivity contribution in [2.75, 3.05) is 39.8 Å². The number of aryl methyl sites for hydroxylation is 2. The molecule has 19 heavy (non-hydrogen) atoms. The molecule has 2 heterocycles. The highest BCUT2D eigenvalue weighted by molar-refractivity contribution is 5.32. The van der Waals surface area contributed by atoms with E-state index in [4.69, 9.17) is 0 Å². The summed E-state index contributed by atoms with van der Waals surface area (Å²) in [6.45, 7) is 6.25. The Balaban J connectivity index is 1.46. The molecule has 3 nitrogen and oxygen atoms in total. The summed E-state index contributed by atoms with van der Waals surface area (Å²) in [6, 6.07) is 0. The molecule has 0 amide bonds. The van der Waals surface area contributed by atoms with Gasteiger partial charge in [-0.1, -0.05) is 0 Å². The van der Waals surface area contributed by atoms with Crippen LogP contribution in [0.15, 0.2) is 6.20 Å². The highest BCUT2D eigenvalue weighted by Gasteiger charge is 2.16. The highest BCUT2D eigenvalue weighted by Crippen LogP contribution is 2.24. The normalized spacial score (nSPS) is 21.5. The molecule has 0 bridgehead atoms. The first-order valence-electron chi connectivity index (χ1n) is 7.92. The van der Waals surface area contributed by atoms with Gasteiger partial charge in [0.25, 0.3) is 0 Å².